The van der Waals surface area contributed by atoms with Crippen LogP contribution in [0.4, 0.5) is 20.6 Å². The van der Waals surface area contributed by atoms with Crippen molar-refractivity contribution in [2.24, 2.45) is 10.9 Å². The van der Waals surface area contributed by atoms with E-state index in [9.17, 15) is 37.1 Å². The zero-order valence-electron chi connectivity index (χ0n) is 22.2. The zero-order chi connectivity index (χ0) is 30.9. The van der Waals surface area contributed by atoms with Crippen LogP contribution in [0.15, 0.2) is 81.7 Å². The summed E-state index contributed by atoms with van der Waals surface area (Å²) in [5.74, 6) is -4.93. The number of rotatable bonds is 9. The first kappa shape index (κ1) is 29.0. The van der Waals surface area contributed by atoms with E-state index in [1.54, 1.807) is 6.08 Å². The van der Waals surface area contributed by atoms with Crippen molar-refractivity contribution in [3.63, 3.8) is 0 Å². The maximum absolute atomic E-state index is 14.7. The molecule has 14 nitrogen and oxygen atoms in total. The highest BCUT2D eigenvalue weighted by Crippen LogP contribution is 2.25. The molecule has 0 saturated heterocycles. The van der Waals surface area contributed by atoms with Crippen molar-refractivity contribution in [3.05, 3.63) is 84.3 Å². The number of halogens is 1. The molecule has 1 unspecified atom stereocenters. The second-order valence-corrected chi connectivity index (χ2v) is 11.0. The quantitative estimate of drug-likeness (QED) is 0.304. The van der Waals surface area contributed by atoms with E-state index in [0.717, 1.165) is 17.4 Å². The van der Waals surface area contributed by atoms with Gasteiger partial charge in [-0.05, 0) is 35.9 Å². The second-order valence-electron chi connectivity index (χ2n) is 9.36. The standard InChI is InChI=1S/C27H21FN6O8S/c1-33-21-14-29-9-8-18(21)25(36)34(27(33)39)17-6-4-15(5-7-17)11-20(26(37)38)31-24(35)23-19(28)12-16(13-30-23)32-43(40,41)22-3-2-10-42-22/h2-10,12-14,18,20H,11H2,1H3,(H2-,31,32,35,37,38)/p+1/t18?,20-/m0/s1. The van der Waals surface area contributed by atoms with Crippen molar-refractivity contribution in [2.45, 2.75) is 17.6 Å². The monoisotopic (exact) mass is 609 g/mol. The highest BCUT2D eigenvalue weighted by molar-refractivity contribution is 7.92. The number of nitrogens with one attached hydrogen (secondary N) is 2. The molecule has 0 aliphatic carbocycles. The minimum absolute atomic E-state index is 0.231. The van der Waals surface area contributed by atoms with Gasteiger partial charge < -0.3 is 14.8 Å². The average molecular weight is 610 g/mol. The van der Waals surface area contributed by atoms with Crippen molar-refractivity contribution < 1.29 is 46.1 Å². The fourth-order valence-electron chi connectivity index (χ4n) is 4.40. The van der Waals surface area contributed by atoms with Gasteiger partial charge in [-0.2, -0.15) is 17.8 Å². The van der Waals surface area contributed by atoms with E-state index >= 15 is 0 Å². The first-order chi connectivity index (χ1) is 20.5. The number of urea groups is 1. The van der Waals surface area contributed by atoms with Gasteiger partial charge in [0.15, 0.2) is 11.5 Å². The molecule has 0 saturated carbocycles. The Labute approximate surface area is 242 Å². The molecule has 0 fully saturated rings. The predicted molar refractivity (Wildman–Crippen MR) is 148 cm³/mol. The number of carboxylic acid groups (broad SMARTS) is 1. The Morgan fingerprint density at radius 2 is 1.95 bits per heavy atom. The van der Waals surface area contributed by atoms with E-state index in [1.165, 1.54) is 60.4 Å². The van der Waals surface area contributed by atoms with Crippen LogP contribution < -0.4 is 14.9 Å². The van der Waals surface area contributed by atoms with E-state index in [0.29, 0.717) is 17.3 Å². The Bertz CT molecular complexity index is 1830. The lowest BCUT2D eigenvalue weighted by Gasteiger charge is -2.24. The molecule has 0 bridgehead atoms. The maximum Gasteiger partial charge on any atom is 0.506 e. The number of imide groups is 1. The lowest BCUT2D eigenvalue weighted by Crippen LogP contribution is -2.54. The van der Waals surface area contributed by atoms with E-state index in [-0.39, 0.29) is 17.8 Å². The van der Waals surface area contributed by atoms with Crippen LogP contribution in [0.2, 0.25) is 0 Å². The lowest BCUT2D eigenvalue weighted by atomic mass is 9.97. The van der Waals surface area contributed by atoms with Gasteiger partial charge in [0.1, 0.15) is 23.4 Å². The van der Waals surface area contributed by atoms with Crippen LogP contribution in [-0.4, -0.2) is 71.9 Å². The predicted octanol–water partition coefficient (Wildman–Crippen LogP) is 1.80. The number of aromatic nitrogens is 1. The van der Waals surface area contributed by atoms with Crippen LogP contribution in [0.5, 0.6) is 0 Å². The van der Waals surface area contributed by atoms with Crippen molar-refractivity contribution >= 4 is 57.1 Å². The van der Waals surface area contributed by atoms with Gasteiger partial charge in [0, 0.05) is 18.7 Å². The molecular formula is C27H22FN6O8S+. The molecule has 3 aromatic rings. The maximum atomic E-state index is 14.7. The Morgan fingerprint density at radius 1 is 1.21 bits per heavy atom. The van der Waals surface area contributed by atoms with Gasteiger partial charge >= 0.3 is 17.9 Å². The molecule has 2 aromatic heterocycles. The van der Waals surface area contributed by atoms with Crippen molar-refractivity contribution in [3.8, 4) is 0 Å². The number of carboxylic acids is 1. The molecule has 3 N–H and O–H groups in total. The summed E-state index contributed by atoms with van der Waals surface area (Å²) in [6.45, 7) is 0. The topological polar surface area (TPSA) is 191 Å². The summed E-state index contributed by atoms with van der Waals surface area (Å²) in [7, 11) is -2.64. The Kier molecular flexibility index (Phi) is 7.69. The number of pyridine rings is 1. The number of carbonyl (C=O) groups is 4. The molecule has 2 aliphatic rings. The fourth-order valence-corrected chi connectivity index (χ4v) is 5.36. The highest BCUT2D eigenvalue weighted by Gasteiger charge is 2.47. The molecule has 2 aliphatic heterocycles. The third-order valence-corrected chi connectivity index (χ3v) is 7.81. The minimum Gasteiger partial charge on any atom is -0.480 e. The number of aliphatic carboxylic acids is 1. The van der Waals surface area contributed by atoms with E-state index in [1.807, 2.05) is 0 Å². The molecule has 5 rings (SSSR count). The van der Waals surface area contributed by atoms with Crippen LogP contribution in [0.25, 0.3) is 0 Å². The van der Waals surface area contributed by atoms with Gasteiger partial charge in [0.05, 0.1) is 31.4 Å². The summed E-state index contributed by atoms with van der Waals surface area (Å²) in [6.07, 6.45) is 6.29. The molecule has 16 heteroatoms. The number of hydrogen-bond acceptors (Lipinski definition) is 9. The number of carbonyl (C=O) groups excluding carboxylic acids is 3. The SMILES string of the molecule is C[N+]1=C2C=NC=CC2C(=O)N(c2ccc(C[C@H](NC(=O)c3ncc(NS(=O)(=O)c4ccco4)cc3F)C(=O)O)cc2)C1=O. The van der Waals surface area contributed by atoms with Crippen LogP contribution in [0.3, 0.4) is 0 Å². The van der Waals surface area contributed by atoms with Gasteiger partial charge in [-0.1, -0.05) is 12.1 Å². The number of nitrogens with zero attached hydrogens (tertiary/aromatic N) is 4. The Hall–Kier alpha value is -5.51. The normalized spacial score (nSPS) is 17.1. The molecule has 220 valence electrons. The first-order valence-electron chi connectivity index (χ1n) is 12.5. The average Bonchev–Trinajstić information content (AvgIpc) is 3.53. The van der Waals surface area contributed by atoms with Crippen LogP contribution in [0, 0.1) is 11.7 Å². The van der Waals surface area contributed by atoms with Gasteiger partial charge in [-0.15, -0.1) is 4.90 Å². The van der Waals surface area contributed by atoms with Crippen molar-refractivity contribution in [1.29, 1.82) is 0 Å². The van der Waals surface area contributed by atoms with Gasteiger partial charge in [-0.3, -0.25) is 14.5 Å². The number of aliphatic imine (C=N–C) groups is 1. The molecule has 1 aromatic carbocycles. The Balaban J connectivity index is 1.27. The minimum atomic E-state index is -4.16. The summed E-state index contributed by atoms with van der Waals surface area (Å²) in [5, 5.41) is 11.5. The number of sulfonamides is 1. The smallest absolute Gasteiger partial charge is 0.480 e. The molecule has 0 spiro atoms. The lowest BCUT2D eigenvalue weighted by molar-refractivity contribution is -0.392. The summed E-state index contributed by atoms with van der Waals surface area (Å²) < 4.78 is 47.4. The van der Waals surface area contributed by atoms with E-state index < -0.39 is 62.4 Å². The number of hydrogen-bond donors (Lipinski definition) is 3. The zero-order valence-corrected chi connectivity index (χ0v) is 23.0. The van der Waals surface area contributed by atoms with Gasteiger partial charge in [-0.25, -0.2) is 19.0 Å². The molecule has 43 heavy (non-hydrogen) atoms. The second kappa shape index (κ2) is 11.4. The number of anilines is 2. The number of benzene rings is 1. The third kappa shape index (κ3) is 5.80. The van der Waals surface area contributed by atoms with Crippen molar-refractivity contribution in [1.82, 2.24) is 10.3 Å². The van der Waals surface area contributed by atoms with E-state index in [2.05, 4.69) is 20.0 Å². The number of furan rings is 1. The van der Waals surface area contributed by atoms with Gasteiger partial charge in [0.2, 0.25) is 5.09 Å². The summed E-state index contributed by atoms with van der Waals surface area (Å²) in [6, 6.07) is 7.07. The Morgan fingerprint density at radius 3 is 2.60 bits per heavy atom. The molecule has 4 amide bonds. The number of amides is 4. The summed E-state index contributed by atoms with van der Waals surface area (Å²) in [5.41, 5.74) is 0.0761. The highest BCUT2D eigenvalue weighted by atomic mass is 32.2. The van der Waals surface area contributed by atoms with Crippen LogP contribution >= 0.6 is 0 Å². The largest absolute Gasteiger partial charge is 0.506 e. The first-order valence-corrected chi connectivity index (χ1v) is 14.0. The van der Waals surface area contributed by atoms with Crippen LogP contribution in [0.1, 0.15) is 16.1 Å². The number of fused-ring (bicyclic) bond motifs is 1. The molecule has 2 atom stereocenters. The fraction of sp³-hybridized carbons (Fsp3) is 0.148. The molecule has 4 heterocycles. The van der Waals surface area contributed by atoms with E-state index in [4.69, 9.17) is 4.42 Å². The van der Waals surface area contributed by atoms with Gasteiger partial charge in [0.25, 0.3) is 15.9 Å². The molecule has 0 radical (unpaired) electrons. The third-order valence-electron chi connectivity index (χ3n) is 6.55. The molecular weight excluding hydrogens is 587 g/mol. The summed E-state index contributed by atoms with van der Waals surface area (Å²) in [4.78, 5) is 59.2. The summed E-state index contributed by atoms with van der Waals surface area (Å²) >= 11 is 0. The van der Waals surface area contributed by atoms with Crippen LogP contribution in [-0.2, 0) is 26.0 Å². The van der Waals surface area contributed by atoms with Crippen molar-refractivity contribution in [2.75, 3.05) is 16.7 Å².